The minimum Gasteiger partial charge on any atom is -0.415 e. The zero-order chi connectivity index (χ0) is 17.0. The van der Waals surface area contributed by atoms with Gasteiger partial charge in [-0.2, -0.15) is 0 Å². The molecule has 0 aliphatic heterocycles. The Hall–Kier alpha value is -2.40. The summed E-state index contributed by atoms with van der Waals surface area (Å²) in [5.74, 6) is -3.07. The normalized spacial score (nSPS) is 11.5. The maximum atomic E-state index is 11.6. The first-order chi connectivity index (χ1) is 10.1. The summed E-state index contributed by atoms with van der Waals surface area (Å²) < 4.78 is 10.6. The van der Waals surface area contributed by atoms with Gasteiger partial charge < -0.3 is 15.2 Å². The van der Waals surface area contributed by atoms with Crippen LogP contribution in [-0.2, 0) is 30.4 Å². The molecule has 0 atom stereocenters. The monoisotopic (exact) mass is 303 g/mol. The zero-order valence-electron chi connectivity index (χ0n) is 13.1. The molecule has 5 heteroatoms. The first-order valence-corrected chi connectivity index (χ1v) is 6.73. The Balaban J connectivity index is 3.45. The number of nitrogens with two attached hydrogens (primary N) is 1. The lowest BCUT2D eigenvalue weighted by Gasteiger charge is -2.33. The van der Waals surface area contributed by atoms with Crippen LogP contribution in [0.5, 0.6) is 0 Å². The average Bonchev–Trinajstić information content (AvgIpc) is 2.46. The molecule has 1 aromatic carbocycles. The van der Waals surface area contributed by atoms with E-state index < -0.39 is 23.3 Å². The van der Waals surface area contributed by atoms with E-state index >= 15 is 0 Å². The molecule has 0 fully saturated rings. The molecule has 0 aromatic heterocycles. The second kappa shape index (κ2) is 6.58. The van der Waals surface area contributed by atoms with E-state index in [9.17, 15) is 9.59 Å². The molecule has 0 bridgehead atoms. The van der Waals surface area contributed by atoms with Crippen molar-refractivity contribution >= 4 is 11.9 Å². The van der Waals surface area contributed by atoms with Crippen molar-refractivity contribution < 1.29 is 19.1 Å². The summed E-state index contributed by atoms with van der Waals surface area (Å²) in [4.78, 5) is 23.3. The van der Waals surface area contributed by atoms with Gasteiger partial charge in [0, 0.05) is 30.2 Å². The third kappa shape index (κ3) is 4.05. The predicted octanol–water partition coefficient (Wildman–Crippen LogP) is 2.51. The van der Waals surface area contributed by atoms with Crippen molar-refractivity contribution in [3.05, 3.63) is 60.7 Å². The molecule has 1 rings (SSSR count). The highest BCUT2D eigenvalue weighted by Gasteiger charge is 2.38. The van der Waals surface area contributed by atoms with Crippen LogP contribution in [0.3, 0.4) is 0 Å². The van der Waals surface area contributed by atoms with E-state index in [2.05, 4.69) is 13.2 Å². The van der Waals surface area contributed by atoms with Gasteiger partial charge in [-0.3, -0.25) is 0 Å². The highest BCUT2D eigenvalue weighted by molar-refractivity contribution is 5.83. The van der Waals surface area contributed by atoms with Crippen molar-refractivity contribution in [2.24, 2.45) is 5.73 Å². The maximum absolute atomic E-state index is 11.6. The molecule has 5 nitrogen and oxygen atoms in total. The molecule has 0 spiro atoms. The van der Waals surface area contributed by atoms with Crippen molar-refractivity contribution in [1.29, 1.82) is 0 Å². The number of esters is 2. The Morgan fingerprint density at radius 1 is 1.00 bits per heavy atom. The van der Waals surface area contributed by atoms with Crippen LogP contribution in [0.1, 0.15) is 31.9 Å². The van der Waals surface area contributed by atoms with Crippen LogP contribution < -0.4 is 5.73 Å². The molecule has 0 heterocycles. The van der Waals surface area contributed by atoms with E-state index in [1.54, 1.807) is 38.1 Å². The number of hydrogen-bond donors (Lipinski definition) is 1. The highest BCUT2D eigenvalue weighted by atomic mass is 16.7. The van der Waals surface area contributed by atoms with Gasteiger partial charge in [0.2, 0.25) is 0 Å². The summed E-state index contributed by atoms with van der Waals surface area (Å²) in [6.07, 6.45) is 1.99. The number of hydrogen-bond acceptors (Lipinski definition) is 5. The molecule has 22 heavy (non-hydrogen) atoms. The topological polar surface area (TPSA) is 78.6 Å². The molecule has 118 valence electrons. The number of carbonyl (C=O) groups is 2. The SMILES string of the molecule is C=CC(=O)OC(C)(OC(=O)C=C)c1ccccc1C(C)(C)N. The van der Waals surface area contributed by atoms with Crippen LogP contribution in [0, 0.1) is 0 Å². The van der Waals surface area contributed by atoms with Crippen molar-refractivity contribution in [3.8, 4) is 0 Å². The van der Waals surface area contributed by atoms with Gasteiger partial charge in [-0.15, -0.1) is 0 Å². The van der Waals surface area contributed by atoms with Crippen molar-refractivity contribution in [3.63, 3.8) is 0 Å². The molecule has 0 saturated carbocycles. The molecule has 0 radical (unpaired) electrons. The Labute approximate surface area is 130 Å². The summed E-state index contributed by atoms with van der Waals surface area (Å²) in [5, 5.41) is 0. The van der Waals surface area contributed by atoms with Gasteiger partial charge >= 0.3 is 11.9 Å². The second-order valence-electron chi connectivity index (χ2n) is 5.46. The Kier molecular flexibility index (Phi) is 5.28. The van der Waals surface area contributed by atoms with Crippen LogP contribution in [0.25, 0.3) is 0 Å². The molecule has 0 aliphatic rings. The number of ether oxygens (including phenoxy) is 2. The molecular formula is C17H21NO4. The van der Waals surface area contributed by atoms with Crippen LogP contribution in [0.15, 0.2) is 49.6 Å². The molecule has 1 aromatic rings. The number of rotatable bonds is 6. The molecule has 0 saturated heterocycles. The van der Waals surface area contributed by atoms with Gasteiger partial charge in [-0.05, 0) is 19.4 Å². The van der Waals surface area contributed by atoms with Crippen molar-refractivity contribution in [2.75, 3.05) is 0 Å². The van der Waals surface area contributed by atoms with E-state index in [-0.39, 0.29) is 0 Å². The lowest BCUT2D eigenvalue weighted by atomic mass is 9.87. The molecular weight excluding hydrogens is 282 g/mol. The third-order valence-electron chi connectivity index (χ3n) is 3.03. The molecule has 0 unspecified atom stereocenters. The summed E-state index contributed by atoms with van der Waals surface area (Å²) in [7, 11) is 0. The molecule has 2 N–H and O–H groups in total. The number of carbonyl (C=O) groups excluding carboxylic acids is 2. The van der Waals surface area contributed by atoms with Gasteiger partial charge in [-0.25, -0.2) is 9.59 Å². The zero-order valence-corrected chi connectivity index (χ0v) is 13.1. The lowest BCUT2D eigenvalue weighted by molar-refractivity contribution is -0.221. The van der Waals surface area contributed by atoms with E-state index in [4.69, 9.17) is 15.2 Å². The van der Waals surface area contributed by atoms with E-state index in [0.29, 0.717) is 11.1 Å². The lowest BCUT2D eigenvalue weighted by Crippen LogP contribution is -2.39. The third-order valence-corrected chi connectivity index (χ3v) is 3.03. The second-order valence-corrected chi connectivity index (χ2v) is 5.46. The van der Waals surface area contributed by atoms with Gasteiger partial charge in [0.25, 0.3) is 5.79 Å². The Morgan fingerprint density at radius 3 is 1.77 bits per heavy atom. The fourth-order valence-electron chi connectivity index (χ4n) is 2.04. The first kappa shape index (κ1) is 17.7. The standard InChI is InChI=1S/C17H21NO4/c1-6-14(19)21-17(5,22-15(20)7-2)13-11-9-8-10-12(13)16(3,4)18/h6-11H,1-2,18H2,3-5H3. The van der Waals surface area contributed by atoms with Crippen molar-refractivity contribution in [1.82, 2.24) is 0 Å². The summed E-state index contributed by atoms with van der Waals surface area (Å²) in [6, 6.07) is 7.03. The Bertz CT molecular complexity index is 577. The smallest absolute Gasteiger partial charge is 0.333 e. The highest BCUT2D eigenvalue weighted by Crippen LogP contribution is 2.34. The van der Waals surface area contributed by atoms with E-state index in [1.807, 2.05) is 0 Å². The maximum Gasteiger partial charge on any atom is 0.333 e. The average molecular weight is 303 g/mol. The summed E-state index contributed by atoms with van der Waals surface area (Å²) in [5.41, 5.74) is 6.60. The largest absolute Gasteiger partial charge is 0.415 e. The fraction of sp³-hybridized carbons (Fsp3) is 0.294. The van der Waals surface area contributed by atoms with E-state index in [0.717, 1.165) is 12.2 Å². The fourth-order valence-corrected chi connectivity index (χ4v) is 2.04. The van der Waals surface area contributed by atoms with Gasteiger partial charge in [0.1, 0.15) is 0 Å². The molecule has 0 aliphatic carbocycles. The minimum atomic E-state index is -1.64. The van der Waals surface area contributed by atoms with Gasteiger partial charge in [0.05, 0.1) is 0 Å². The van der Waals surface area contributed by atoms with Crippen LogP contribution in [0.2, 0.25) is 0 Å². The first-order valence-electron chi connectivity index (χ1n) is 6.73. The predicted molar refractivity (Wildman–Crippen MR) is 83.6 cm³/mol. The number of benzene rings is 1. The van der Waals surface area contributed by atoms with Gasteiger partial charge in [0.15, 0.2) is 0 Å². The summed E-state index contributed by atoms with van der Waals surface area (Å²) >= 11 is 0. The quantitative estimate of drug-likeness (QED) is 0.496. The van der Waals surface area contributed by atoms with Crippen LogP contribution in [-0.4, -0.2) is 11.9 Å². The minimum absolute atomic E-state index is 0.480. The van der Waals surface area contributed by atoms with Crippen LogP contribution in [0.4, 0.5) is 0 Å². The molecule has 0 amide bonds. The van der Waals surface area contributed by atoms with Crippen LogP contribution >= 0.6 is 0 Å². The van der Waals surface area contributed by atoms with E-state index in [1.165, 1.54) is 6.92 Å². The van der Waals surface area contributed by atoms with Crippen molar-refractivity contribution in [2.45, 2.75) is 32.1 Å². The van der Waals surface area contributed by atoms with Gasteiger partial charge in [-0.1, -0.05) is 37.4 Å². The Morgan fingerprint density at radius 2 is 1.41 bits per heavy atom. The summed E-state index contributed by atoms with van der Waals surface area (Å²) in [6.45, 7) is 11.8.